The topological polar surface area (TPSA) is 96.0 Å². The van der Waals surface area contributed by atoms with Crippen molar-refractivity contribution in [3.63, 3.8) is 0 Å². The van der Waals surface area contributed by atoms with Crippen LogP contribution in [0.5, 0.6) is 0 Å². The first kappa shape index (κ1) is 16.2. The van der Waals surface area contributed by atoms with Gasteiger partial charge in [0, 0.05) is 17.7 Å². The molecule has 0 amide bonds. The zero-order chi connectivity index (χ0) is 14.5. The minimum absolute atomic E-state index is 0.223. The molecule has 7 heteroatoms. The summed E-state index contributed by atoms with van der Waals surface area (Å²) < 4.78 is 23.3. The number of piperidine rings is 1. The predicted octanol–water partition coefficient (Wildman–Crippen LogP) is 0.660. The third-order valence-electron chi connectivity index (χ3n) is 3.92. The van der Waals surface area contributed by atoms with Gasteiger partial charge in [-0.1, -0.05) is 19.0 Å². The first-order valence-electron chi connectivity index (χ1n) is 6.74. The first-order valence-corrected chi connectivity index (χ1v) is 8.56. The molecule has 1 heterocycles. The lowest BCUT2D eigenvalue weighted by Crippen LogP contribution is -2.46. The van der Waals surface area contributed by atoms with Crippen molar-refractivity contribution in [3.8, 4) is 0 Å². The van der Waals surface area contributed by atoms with Crippen molar-refractivity contribution in [3.05, 3.63) is 0 Å². The smallest absolute Gasteiger partial charge is 0.151 e. The van der Waals surface area contributed by atoms with Crippen LogP contribution in [0.4, 0.5) is 0 Å². The fraction of sp³-hybridized carbons (Fsp3) is 0.917. The van der Waals surface area contributed by atoms with Crippen molar-refractivity contribution >= 4 is 15.7 Å². The molecule has 0 aromatic heterocycles. The van der Waals surface area contributed by atoms with Gasteiger partial charge in [0.2, 0.25) is 0 Å². The second-order valence-corrected chi connectivity index (χ2v) is 7.84. The lowest BCUT2D eigenvalue weighted by Gasteiger charge is -2.38. The van der Waals surface area contributed by atoms with Crippen LogP contribution in [0.3, 0.4) is 0 Å². The molecule has 112 valence electrons. The number of nitrogens with two attached hydrogens (primary N) is 1. The summed E-state index contributed by atoms with van der Waals surface area (Å²) in [7, 11) is -2.91. The zero-order valence-electron chi connectivity index (χ0n) is 11.8. The molecule has 1 fully saturated rings. The van der Waals surface area contributed by atoms with Crippen LogP contribution in [0, 0.1) is 5.41 Å². The third kappa shape index (κ3) is 4.65. The van der Waals surface area contributed by atoms with Gasteiger partial charge in [-0.05, 0) is 32.4 Å². The maximum Gasteiger partial charge on any atom is 0.151 e. The molecule has 1 aliphatic heterocycles. The highest BCUT2D eigenvalue weighted by molar-refractivity contribution is 7.91. The van der Waals surface area contributed by atoms with E-state index in [0.29, 0.717) is 13.0 Å². The molecule has 0 saturated carbocycles. The van der Waals surface area contributed by atoms with E-state index >= 15 is 0 Å². The molecule has 0 atom stereocenters. The molecule has 3 N–H and O–H groups in total. The normalized spacial score (nSPS) is 21.5. The summed E-state index contributed by atoms with van der Waals surface area (Å²) in [6.45, 7) is 6.01. The Morgan fingerprint density at radius 1 is 1.37 bits per heavy atom. The molecule has 0 unspecified atom stereocenters. The number of hydrogen-bond donors (Lipinski definition) is 2. The SMILES string of the molecule is CCCS(=O)(=O)CCN1CCC(C)(C(N)=NO)CC1. The van der Waals surface area contributed by atoms with Crippen LogP contribution in [0.1, 0.15) is 33.1 Å². The van der Waals surface area contributed by atoms with Gasteiger partial charge in [0.1, 0.15) is 5.84 Å². The Labute approximate surface area is 115 Å². The summed E-state index contributed by atoms with van der Waals surface area (Å²) in [5.41, 5.74) is 5.43. The molecule has 1 saturated heterocycles. The van der Waals surface area contributed by atoms with E-state index in [2.05, 4.69) is 10.1 Å². The van der Waals surface area contributed by atoms with E-state index in [0.717, 1.165) is 25.9 Å². The number of sulfone groups is 1. The van der Waals surface area contributed by atoms with Gasteiger partial charge in [0.15, 0.2) is 9.84 Å². The Hall–Kier alpha value is -0.820. The summed E-state index contributed by atoms with van der Waals surface area (Å²) in [5, 5.41) is 11.9. The van der Waals surface area contributed by atoms with Gasteiger partial charge in [0.05, 0.1) is 5.75 Å². The largest absolute Gasteiger partial charge is 0.409 e. The van der Waals surface area contributed by atoms with E-state index in [1.165, 1.54) is 0 Å². The highest BCUT2D eigenvalue weighted by atomic mass is 32.2. The van der Waals surface area contributed by atoms with E-state index in [9.17, 15) is 8.42 Å². The number of nitrogens with zero attached hydrogens (tertiary/aromatic N) is 2. The van der Waals surface area contributed by atoms with Crippen molar-refractivity contribution in [2.75, 3.05) is 31.1 Å². The summed E-state index contributed by atoms with van der Waals surface area (Å²) in [5.74, 6) is 0.759. The van der Waals surface area contributed by atoms with E-state index in [1.54, 1.807) is 0 Å². The molecule has 1 rings (SSSR count). The Morgan fingerprint density at radius 3 is 2.42 bits per heavy atom. The van der Waals surface area contributed by atoms with E-state index in [-0.39, 0.29) is 22.8 Å². The van der Waals surface area contributed by atoms with Crippen LogP contribution < -0.4 is 5.73 Å². The van der Waals surface area contributed by atoms with Crippen LogP contribution in [0.2, 0.25) is 0 Å². The minimum Gasteiger partial charge on any atom is -0.409 e. The van der Waals surface area contributed by atoms with Crippen molar-refractivity contribution in [1.82, 2.24) is 4.90 Å². The summed E-state index contributed by atoms with van der Waals surface area (Å²) in [6, 6.07) is 0. The number of likely N-dealkylation sites (tertiary alicyclic amines) is 1. The van der Waals surface area contributed by atoms with E-state index < -0.39 is 9.84 Å². The van der Waals surface area contributed by atoms with Gasteiger partial charge in [-0.15, -0.1) is 0 Å². The number of oxime groups is 1. The molecule has 0 aromatic carbocycles. The molecule has 0 spiro atoms. The third-order valence-corrected chi connectivity index (χ3v) is 5.75. The predicted molar refractivity (Wildman–Crippen MR) is 76.1 cm³/mol. The van der Waals surface area contributed by atoms with Crippen molar-refractivity contribution in [2.24, 2.45) is 16.3 Å². The van der Waals surface area contributed by atoms with Crippen LogP contribution in [0.25, 0.3) is 0 Å². The Balaban J connectivity index is 2.43. The molecule has 0 aliphatic carbocycles. The fourth-order valence-electron chi connectivity index (χ4n) is 2.33. The zero-order valence-corrected chi connectivity index (χ0v) is 12.6. The van der Waals surface area contributed by atoms with Gasteiger partial charge < -0.3 is 15.8 Å². The quantitative estimate of drug-likeness (QED) is 0.324. The Bertz CT molecular complexity index is 412. The molecule has 0 radical (unpaired) electrons. The van der Waals surface area contributed by atoms with Gasteiger partial charge in [0.25, 0.3) is 0 Å². The molecule has 6 nitrogen and oxygen atoms in total. The molecule has 0 bridgehead atoms. The Kier molecular flexibility index (Phi) is 5.61. The highest BCUT2D eigenvalue weighted by Crippen LogP contribution is 2.30. The number of hydrogen-bond acceptors (Lipinski definition) is 5. The van der Waals surface area contributed by atoms with Crippen molar-refractivity contribution in [1.29, 1.82) is 0 Å². The lowest BCUT2D eigenvalue weighted by molar-refractivity contribution is 0.166. The second-order valence-electron chi connectivity index (χ2n) is 5.54. The second kappa shape index (κ2) is 6.56. The van der Waals surface area contributed by atoms with Crippen LogP contribution in [0.15, 0.2) is 5.16 Å². The molecular weight excluding hydrogens is 266 g/mol. The van der Waals surface area contributed by atoms with Crippen molar-refractivity contribution < 1.29 is 13.6 Å². The van der Waals surface area contributed by atoms with Gasteiger partial charge in [-0.2, -0.15) is 0 Å². The molecule has 0 aromatic rings. The summed E-state index contributed by atoms with van der Waals surface area (Å²) >= 11 is 0. The summed E-state index contributed by atoms with van der Waals surface area (Å²) in [6.07, 6.45) is 2.25. The van der Waals surface area contributed by atoms with Crippen molar-refractivity contribution in [2.45, 2.75) is 33.1 Å². The average Bonchev–Trinajstić information content (AvgIpc) is 2.37. The summed E-state index contributed by atoms with van der Waals surface area (Å²) in [4.78, 5) is 2.14. The van der Waals surface area contributed by atoms with Gasteiger partial charge >= 0.3 is 0 Å². The fourth-order valence-corrected chi connectivity index (χ4v) is 3.69. The first-order chi connectivity index (χ1) is 8.83. The van der Waals surface area contributed by atoms with Crippen LogP contribution in [-0.4, -0.2) is 55.5 Å². The maximum atomic E-state index is 11.7. The van der Waals surface area contributed by atoms with Crippen LogP contribution >= 0.6 is 0 Å². The molecular formula is C12H25N3O3S. The lowest BCUT2D eigenvalue weighted by atomic mass is 9.79. The van der Waals surface area contributed by atoms with Gasteiger partial charge in [-0.3, -0.25) is 0 Å². The monoisotopic (exact) mass is 291 g/mol. The van der Waals surface area contributed by atoms with E-state index in [1.807, 2.05) is 13.8 Å². The van der Waals surface area contributed by atoms with Crippen LogP contribution in [-0.2, 0) is 9.84 Å². The van der Waals surface area contributed by atoms with E-state index in [4.69, 9.17) is 10.9 Å². The van der Waals surface area contributed by atoms with Gasteiger partial charge in [-0.25, -0.2) is 8.42 Å². The Morgan fingerprint density at radius 2 is 1.95 bits per heavy atom. The number of amidine groups is 1. The minimum atomic E-state index is -2.91. The molecule has 1 aliphatic rings. The average molecular weight is 291 g/mol. The highest BCUT2D eigenvalue weighted by Gasteiger charge is 2.34. The number of rotatable bonds is 6. The standard InChI is InChI=1S/C12H25N3O3S/c1-3-9-19(17,18)10-8-15-6-4-12(2,5-7-15)11(13)14-16/h16H,3-10H2,1-2H3,(H2,13,14). The molecule has 19 heavy (non-hydrogen) atoms. The maximum absolute atomic E-state index is 11.7.